The van der Waals surface area contributed by atoms with Crippen LogP contribution in [0.1, 0.15) is 22.0 Å². The summed E-state index contributed by atoms with van der Waals surface area (Å²) >= 11 is 5.00. The van der Waals surface area contributed by atoms with Crippen LogP contribution in [0.25, 0.3) is 0 Å². The summed E-state index contributed by atoms with van der Waals surface area (Å²) in [6.07, 6.45) is 4.23. The quantitative estimate of drug-likeness (QED) is 0.818. The van der Waals surface area contributed by atoms with Crippen molar-refractivity contribution >= 4 is 23.1 Å². The van der Waals surface area contributed by atoms with E-state index in [2.05, 4.69) is 15.3 Å². The molecule has 6 heteroatoms. The van der Waals surface area contributed by atoms with E-state index in [0.29, 0.717) is 5.56 Å². The maximum atomic E-state index is 12.0. The molecule has 96 valence electrons. The molecule has 0 saturated carbocycles. The van der Waals surface area contributed by atoms with Gasteiger partial charge in [0.2, 0.25) is 0 Å². The Morgan fingerprint density at radius 1 is 1.21 bits per heavy atom. The Labute approximate surface area is 115 Å². The number of nitrogens with zero attached hydrogens (tertiary/aromatic N) is 2. The summed E-state index contributed by atoms with van der Waals surface area (Å²) in [5.41, 5.74) is 6.87. The Bertz CT molecular complexity index is 574. The van der Waals surface area contributed by atoms with E-state index in [0.717, 1.165) is 5.56 Å². The first kappa shape index (κ1) is 13.1. The molecule has 1 unspecified atom stereocenters. The van der Waals surface area contributed by atoms with E-state index in [4.69, 9.17) is 18.0 Å². The minimum atomic E-state index is -0.510. The Kier molecular flexibility index (Phi) is 4.15. The largest absolute Gasteiger partial charge is 0.391 e. The topological polar surface area (TPSA) is 80.9 Å². The molecule has 0 saturated heterocycles. The van der Waals surface area contributed by atoms with Gasteiger partial charge in [-0.1, -0.05) is 42.5 Å². The van der Waals surface area contributed by atoms with E-state index in [9.17, 15) is 4.79 Å². The summed E-state index contributed by atoms with van der Waals surface area (Å²) in [5.74, 6) is -0.317. The fourth-order valence-corrected chi connectivity index (χ4v) is 1.79. The third kappa shape index (κ3) is 3.32. The number of amides is 1. The lowest BCUT2D eigenvalue weighted by atomic mass is 10.1. The smallest absolute Gasteiger partial charge is 0.255 e. The molecule has 0 radical (unpaired) electrons. The molecule has 2 aromatic rings. The fraction of sp³-hybridized carbons (Fsp3) is 0.0769. The zero-order valence-electron chi connectivity index (χ0n) is 9.98. The fourth-order valence-electron chi connectivity index (χ4n) is 1.59. The van der Waals surface area contributed by atoms with E-state index in [1.54, 1.807) is 0 Å². The molecule has 0 aliphatic heterocycles. The third-order valence-electron chi connectivity index (χ3n) is 2.52. The number of nitrogens with one attached hydrogen (secondary N) is 1. The molecular weight excluding hydrogens is 260 g/mol. The lowest BCUT2D eigenvalue weighted by Gasteiger charge is -2.17. The van der Waals surface area contributed by atoms with Crippen LogP contribution in [0.4, 0.5) is 0 Å². The van der Waals surface area contributed by atoms with E-state index in [-0.39, 0.29) is 10.9 Å². The van der Waals surface area contributed by atoms with Gasteiger partial charge in [-0.05, 0) is 5.56 Å². The maximum absolute atomic E-state index is 12.0. The van der Waals surface area contributed by atoms with E-state index >= 15 is 0 Å². The summed E-state index contributed by atoms with van der Waals surface area (Å²) in [4.78, 5) is 19.8. The number of hydrogen-bond donors (Lipinski definition) is 2. The third-order valence-corrected chi connectivity index (χ3v) is 2.75. The van der Waals surface area contributed by atoms with Gasteiger partial charge in [-0.2, -0.15) is 0 Å². The Balaban J connectivity index is 2.19. The van der Waals surface area contributed by atoms with Crippen LogP contribution in [-0.4, -0.2) is 20.9 Å². The van der Waals surface area contributed by atoms with Gasteiger partial charge in [0.05, 0.1) is 5.56 Å². The van der Waals surface area contributed by atoms with Gasteiger partial charge in [0, 0.05) is 12.4 Å². The molecule has 5 nitrogen and oxygen atoms in total. The molecule has 0 aliphatic rings. The molecule has 1 atom stereocenters. The number of carbonyl (C=O) groups excluding carboxylic acids is 1. The van der Waals surface area contributed by atoms with Crippen LogP contribution in [0.2, 0.25) is 0 Å². The Hall–Kier alpha value is -2.34. The molecule has 0 spiro atoms. The van der Waals surface area contributed by atoms with Crippen LogP contribution in [0.5, 0.6) is 0 Å². The molecule has 1 amide bonds. The van der Waals surface area contributed by atoms with Crippen LogP contribution in [-0.2, 0) is 0 Å². The zero-order valence-corrected chi connectivity index (χ0v) is 10.8. The van der Waals surface area contributed by atoms with Gasteiger partial charge in [0.15, 0.2) is 0 Å². The second-order valence-electron chi connectivity index (χ2n) is 3.85. The number of benzene rings is 1. The molecule has 1 aromatic heterocycles. The van der Waals surface area contributed by atoms with Gasteiger partial charge in [0.1, 0.15) is 17.4 Å². The summed E-state index contributed by atoms with van der Waals surface area (Å²) in [5, 5.41) is 2.76. The first-order valence-electron chi connectivity index (χ1n) is 5.58. The molecular formula is C13H12N4OS. The highest BCUT2D eigenvalue weighted by Crippen LogP contribution is 2.13. The summed E-state index contributed by atoms with van der Waals surface area (Å²) in [7, 11) is 0. The van der Waals surface area contributed by atoms with Crippen LogP contribution in [0.15, 0.2) is 49.1 Å². The minimum absolute atomic E-state index is 0.205. The van der Waals surface area contributed by atoms with E-state index < -0.39 is 6.04 Å². The predicted molar refractivity (Wildman–Crippen MR) is 75.5 cm³/mol. The van der Waals surface area contributed by atoms with Gasteiger partial charge in [0.25, 0.3) is 5.91 Å². The van der Waals surface area contributed by atoms with Crippen LogP contribution >= 0.6 is 12.2 Å². The van der Waals surface area contributed by atoms with Gasteiger partial charge < -0.3 is 11.1 Å². The van der Waals surface area contributed by atoms with Crippen molar-refractivity contribution in [2.75, 3.05) is 0 Å². The molecule has 1 heterocycles. The average Bonchev–Trinajstić information content (AvgIpc) is 2.46. The minimum Gasteiger partial charge on any atom is -0.391 e. The van der Waals surface area contributed by atoms with Gasteiger partial charge in [-0.15, -0.1) is 0 Å². The van der Waals surface area contributed by atoms with E-state index in [1.165, 1.54) is 18.7 Å². The number of rotatable bonds is 4. The van der Waals surface area contributed by atoms with Gasteiger partial charge in [-0.3, -0.25) is 4.79 Å². The van der Waals surface area contributed by atoms with Gasteiger partial charge in [-0.25, -0.2) is 9.97 Å². The SMILES string of the molecule is NC(=S)C(NC(=O)c1cncnc1)c1ccccc1. The standard InChI is InChI=1S/C13H12N4OS/c14-12(19)11(9-4-2-1-3-5-9)17-13(18)10-6-15-8-16-7-10/h1-8,11H,(H2,14,19)(H,17,18). The molecule has 0 fully saturated rings. The average molecular weight is 272 g/mol. The molecule has 19 heavy (non-hydrogen) atoms. The maximum Gasteiger partial charge on any atom is 0.255 e. The van der Waals surface area contributed by atoms with Crippen molar-refractivity contribution in [2.45, 2.75) is 6.04 Å². The van der Waals surface area contributed by atoms with Crippen LogP contribution in [0.3, 0.4) is 0 Å². The molecule has 2 rings (SSSR count). The first-order valence-corrected chi connectivity index (χ1v) is 5.99. The highest BCUT2D eigenvalue weighted by molar-refractivity contribution is 7.80. The lowest BCUT2D eigenvalue weighted by Crippen LogP contribution is -2.36. The number of hydrogen-bond acceptors (Lipinski definition) is 4. The van der Waals surface area contributed by atoms with Crippen molar-refractivity contribution in [3.8, 4) is 0 Å². The van der Waals surface area contributed by atoms with Crippen LogP contribution < -0.4 is 11.1 Å². The predicted octanol–water partition coefficient (Wildman–Crippen LogP) is 1.23. The monoisotopic (exact) mass is 272 g/mol. The molecule has 0 aliphatic carbocycles. The van der Waals surface area contributed by atoms with E-state index in [1.807, 2.05) is 30.3 Å². The van der Waals surface area contributed by atoms with Crippen molar-refractivity contribution in [1.82, 2.24) is 15.3 Å². The Morgan fingerprint density at radius 2 is 1.84 bits per heavy atom. The number of nitrogens with two attached hydrogens (primary N) is 1. The van der Waals surface area contributed by atoms with Crippen molar-refractivity contribution in [2.24, 2.45) is 5.73 Å². The highest BCUT2D eigenvalue weighted by atomic mass is 32.1. The normalized spacial score (nSPS) is 11.6. The molecule has 0 bridgehead atoms. The summed E-state index contributed by atoms with van der Waals surface area (Å²) in [6, 6.07) is 8.80. The molecule has 1 aromatic carbocycles. The highest BCUT2D eigenvalue weighted by Gasteiger charge is 2.18. The first-order chi connectivity index (χ1) is 9.18. The summed E-state index contributed by atoms with van der Waals surface area (Å²) in [6.45, 7) is 0. The Morgan fingerprint density at radius 3 is 2.42 bits per heavy atom. The second kappa shape index (κ2) is 6.01. The van der Waals surface area contributed by atoms with Crippen molar-refractivity contribution < 1.29 is 4.79 Å². The van der Waals surface area contributed by atoms with Crippen molar-refractivity contribution in [3.05, 3.63) is 60.2 Å². The second-order valence-corrected chi connectivity index (χ2v) is 4.32. The number of thiocarbonyl (C=S) groups is 1. The van der Waals surface area contributed by atoms with Gasteiger partial charge >= 0.3 is 0 Å². The number of aromatic nitrogens is 2. The molecule has 3 N–H and O–H groups in total. The number of carbonyl (C=O) groups is 1. The summed E-state index contributed by atoms with van der Waals surface area (Å²) < 4.78 is 0. The lowest BCUT2D eigenvalue weighted by molar-refractivity contribution is 0.0946. The van der Waals surface area contributed by atoms with Crippen molar-refractivity contribution in [3.63, 3.8) is 0 Å². The van der Waals surface area contributed by atoms with Crippen LogP contribution in [0, 0.1) is 0 Å². The van der Waals surface area contributed by atoms with Crippen molar-refractivity contribution in [1.29, 1.82) is 0 Å². The zero-order chi connectivity index (χ0) is 13.7.